The number of nitrogens with one attached hydrogen (secondary N) is 1. The normalized spacial score (nSPS) is 17.5. The van der Waals surface area contributed by atoms with Crippen LogP contribution >= 0.6 is 0 Å². The van der Waals surface area contributed by atoms with E-state index in [1.807, 2.05) is 31.2 Å². The van der Waals surface area contributed by atoms with Crippen LogP contribution < -0.4 is 11.1 Å². The first-order valence-electron chi connectivity index (χ1n) is 7.18. The lowest BCUT2D eigenvalue weighted by molar-refractivity contribution is -0.122. The van der Waals surface area contributed by atoms with E-state index in [4.69, 9.17) is 10.5 Å². The Morgan fingerprint density at radius 2 is 2.25 bits per heavy atom. The second-order valence-electron chi connectivity index (χ2n) is 5.85. The smallest absolute Gasteiger partial charge is 0.227 e. The number of methoxy groups -OCH3 is 1. The number of hydrogen-bond donors (Lipinski definition) is 2. The summed E-state index contributed by atoms with van der Waals surface area (Å²) >= 11 is 0. The van der Waals surface area contributed by atoms with E-state index in [1.165, 1.54) is 12.8 Å². The van der Waals surface area contributed by atoms with Gasteiger partial charge in [-0.1, -0.05) is 12.1 Å². The summed E-state index contributed by atoms with van der Waals surface area (Å²) in [5.74, 6) is -0.101. The molecule has 1 amide bonds. The van der Waals surface area contributed by atoms with E-state index in [-0.39, 0.29) is 17.2 Å². The van der Waals surface area contributed by atoms with Crippen LogP contribution in [0.4, 0.5) is 5.69 Å². The van der Waals surface area contributed by atoms with Crippen molar-refractivity contribution in [3.8, 4) is 0 Å². The molecule has 20 heavy (non-hydrogen) atoms. The summed E-state index contributed by atoms with van der Waals surface area (Å²) in [6.45, 7) is 3.43. The highest BCUT2D eigenvalue weighted by atomic mass is 16.5. The number of hydrogen-bond acceptors (Lipinski definition) is 3. The topological polar surface area (TPSA) is 64.3 Å². The quantitative estimate of drug-likeness (QED) is 0.751. The molecule has 0 bridgehead atoms. The Morgan fingerprint density at radius 1 is 1.50 bits per heavy atom. The Labute approximate surface area is 120 Å². The second kappa shape index (κ2) is 6.27. The van der Waals surface area contributed by atoms with Gasteiger partial charge in [-0.15, -0.1) is 0 Å². The van der Waals surface area contributed by atoms with Gasteiger partial charge in [-0.2, -0.15) is 0 Å². The van der Waals surface area contributed by atoms with Crippen molar-refractivity contribution in [3.05, 3.63) is 29.8 Å². The monoisotopic (exact) mass is 276 g/mol. The number of carbonyl (C=O) groups excluding carboxylic acids is 1. The SMILES string of the molecule is COCCC1(CNC(=O)C(C)c2cccc(N)c2)CC1. The number of carbonyl (C=O) groups is 1. The third kappa shape index (κ3) is 3.73. The van der Waals surface area contributed by atoms with E-state index in [2.05, 4.69) is 5.32 Å². The molecule has 0 aliphatic heterocycles. The molecule has 1 atom stereocenters. The summed E-state index contributed by atoms with van der Waals surface area (Å²) in [7, 11) is 1.72. The molecule has 1 unspecified atom stereocenters. The van der Waals surface area contributed by atoms with Crippen molar-refractivity contribution in [1.82, 2.24) is 5.32 Å². The van der Waals surface area contributed by atoms with Crippen molar-refractivity contribution >= 4 is 11.6 Å². The number of rotatable bonds is 7. The van der Waals surface area contributed by atoms with Crippen molar-refractivity contribution < 1.29 is 9.53 Å². The average Bonchev–Trinajstić information content (AvgIpc) is 3.22. The van der Waals surface area contributed by atoms with Crippen LogP contribution in [0.3, 0.4) is 0 Å². The maximum absolute atomic E-state index is 12.2. The molecule has 1 aromatic rings. The minimum absolute atomic E-state index is 0.0688. The average molecular weight is 276 g/mol. The number of nitrogen functional groups attached to an aromatic ring is 1. The van der Waals surface area contributed by atoms with Crippen molar-refractivity contribution in [2.45, 2.75) is 32.1 Å². The minimum Gasteiger partial charge on any atom is -0.399 e. The summed E-state index contributed by atoms with van der Waals surface area (Å²) < 4.78 is 5.13. The summed E-state index contributed by atoms with van der Waals surface area (Å²) in [6, 6.07) is 7.52. The maximum Gasteiger partial charge on any atom is 0.227 e. The molecule has 0 saturated heterocycles. The van der Waals surface area contributed by atoms with Gasteiger partial charge in [0.1, 0.15) is 0 Å². The summed E-state index contributed by atoms with van der Waals surface area (Å²) in [5, 5.41) is 3.08. The van der Waals surface area contributed by atoms with E-state index >= 15 is 0 Å². The van der Waals surface area contributed by atoms with Gasteiger partial charge >= 0.3 is 0 Å². The Kier molecular flexibility index (Phi) is 4.65. The van der Waals surface area contributed by atoms with Crippen LogP contribution in [0.15, 0.2) is 24.3 Å². The molecule has 0 radical (unpaired) electrons. The molecule has 4 heteroatoms. The lowest BCUT2D eigenvalue weighted by atomic mass is 9.98. The van der Waals surface area contributed by atoms with Crippen molar-refractivity contribution in [2.75, 3.05) is 26.0 Å². The fourth-order valence-corrected chi connectivity index (χ4v) is 2.42. The van der Waals surface area contributed by atoms with Gasteiger partial charge in [-0.05, 0) is 49.3 Å². The number of anilines is 1. The van der Waals surface area contributed by atoms with Crippen LogP contribution in [0.2, 0.25) is 0 Å². The van der Waals surface area contributed by atoms with Crippen molar-refractivity contribution in [3.63, 3.8) is 0 Å². The van der Waals surface area contributed by atoms with Crippen LogP contribution in [0.5, 0.6) is 0 Å². The third-order valence-corrected chi connectivity index (χ3v) is 4.24. The standard InChI is InChI=1S/C16H24N2O2/c1-12(13-4-3-5-14(17)10-13)15(19)18-11-16(6-7-16)8-9-20-2/h3-5,10,12H,6-9,11,17H2,1-2H3,(H,18,19). The van der Waals surface area contributed by atoms with E-state index in [9.17, 15) is 4.79 Å². The highest BCUT2D eigenvalue weighted by Crippen LogP contribution is 2.48. The first-order chi connectivity index (χ1) is 9.56. The largest absolute Gasteiger partial charge is 0.399 e. The molecule has 110 valence electrons. The maximum atomic E-state index is 12.2. The van der Waals surface area contributed by atoms with Crippen LogP contribution in [-0.4, -0.2) is 26.2 Å². The van der Waals surface area contributed by atoms with Crippen molar-refractivity contribution in [2.24, 2.45) is 5.41 Å². The number of amides is 1. The molecular formula is C16H24N2O2. The molecule has 1 saturated carbocycles. The lowest BCUT2D eigenvalue weighted by Gasteiger charge is -2.18. The van der Waals surface area contributed by atoms with E-state index in [0.29, 0.717) is 5.69 Å². The molecule has 3 N–H and O–H groups in total. The van der Waals surface area contributed by atoms with Gasteiger partial charge in [-0.3, -0.25) is 4.79 Å². The zero-order chi connectivity index (χ0) is 14.6. The zero-order valence-electron chi connectivity index (χ0n) is 12.3. The molecule has 0 heterocycles. The van der Waals surface area contributed by atoms with E-state index < -0.39 is 0 Å². The zero-order valence-corrected chi connectivity index (χ0v) is 12.3. The van der Waals surface area contributed by atoms with Crippen LogP contribution in [0.25, 0.3) is 0 Å². The second-order valence-corrected chi connectivity index (χ2v) is 5.85. The van der Waals surface area contributed by atoms with Gasteiger partial charge in [0.05, 0.1) is 5.92 Å². The minimum atomic E-state index is -0.170. The van der Waals surface area contributed by atoms with Crippen molar-refractivity contribution in [1.29, 1.82) is 0 Å². The van der Waals surface area contributed by atoms with Crippen LogP contribution in [0.1, 0.15) is 37.7 Å². The molecule has 1 fully saturated rings. The first-order valence-corrected chi connectivity index (χ1v) is 7.18. The molecule has 0 spiro atoms. The Morgan fingerprint density at radius 3 is 2.85 bits per heavy atom. The Bertz CT molecular complexity index is 469. The highest BCUT2D eigenvalue weighted by Gasteiger charge is 2.42. The fraction of sp³-hybridized carbons (Fsp3) is 0.562. The number of ether oxygens (including phenoxy) is 1. The molecule has 1 aliphatic rings. The van der Waals surface area contributed by atoms with Crippen LogP contribution in [0, 0.1) is 5.41 Å². The van der Waals surface area contributed by atoms with Gasteiger partial charge in [0, 0.05) is 25.9 Å². The number of nitrogens with two attached hydrogens (primary N) is 1. The van der Waals surface area contributed by atoms with Gasteiger partial charge in [0.15, 0.2) is 0 Å². The van der Waals surface area contributed by atoms with Gasteiger partial charge in [-0.25, -0.2) is 0 Å². The number of benzene rings is 1. The summed E-state index contributed by atoms with van der Waals surface area (Å²) in [6.07, 6.45) is 3.39. The van der Waals surface area contributed by atoms with Gasteiger partial charge in [0.2, 0.25) is 5.91 Å². The molecule has 0 aromatic heterocycles. The predicted molar refractivity (Wildman–Crippen MR) is 80.4 cm³/mol. The van der Waals surface area contributed by atoms with Gasteiger partial charge < -0.3 is 15.8 Å². The van der Waals surface area contributed by atoms with Gasteiger partial charge in [0.25, 0.3) is 0 Å². The van der Waals surface area contributed by atoms with E-state index in [0.717, 1.165) is 25.1 Å². The first kappa shape index (κ1) is 14.9. The highest BCUT2D eigenvalue weighted by molar-refractivity contribution is 5.83. The molecule has 1 aromatic carbocycles. The predicted octanol–water partition coefficient (Wildman–Crippen LogP) is 2.31. The molecule has 2 rings (SSSR count). The Hall–Kier alpha value is -1.55. The summed E-state index contributed by atoms with van der Waals surface area (Å²) in [4.78, 5) is 12.2. The third-order valence-electron chi connectivity index (χ3n) is 4.24. The fourth-order valence-electron chi connectivity index (χ4n) is 2.42. The molecule has 4 nitrogen and oxygen atoms in total. The summed E-state index contributed by atoms with van der Waals surface area (Å²) in [5.41, 5.74) is 7.70. The molecule has 1 aliphatic carbocycles. The Balaban J connectivity index is 1.86. The van der Waals surface area contributed by atoms with Crippen LogP contribution in [-0.2, 0) is 9.53 Å². The molecular weight excluding hydrogens is 252 g/mol. The lowest BCUT2D eigenvalue weighted by Crippen LogP contribution is -2.33. The van der Waals surface area contributed by atoms with E-state index in [1.54, 1.807) is 7.11 Å².